The predicted octanol–water partition coefficient (Wildman–Crippen LogP) is 1.39. The summed E-state index contributed by atoms with van der Waals surface area (Å²) < 4.78 is 4.65. The molecule has 1 rings (SSSR count). The largest absolute Gasteiger partial charge is 0.468 e. The third-order valence-electron chi connectivity index (χ3n) is 2.32. The first-order chi connectivity index (χ1) is 7.71. The Bertz CT molecular complexity index is 362. The van der Waals surface area contributed by atoms with E-state index in [1.54, 1.807) is 31.3 Å². The highest BCUT2D eigenvalue weighted by molar-refractivity contribution is 5.76. The summed E-state index contributed by atoms with van der Waals surface area (Å²) in [4.78, 5) is 21.5. The summed E-state index contributed by atoms with van der Waals surface area (Å²) in [5, 5.41) is 5.68. The minimum Gasteiger partial charge on any atom is -0.468 e. The number of methoxy groups -OCH3 is 1. The van der Waals surface area contributed by atoms with E-state index in [0.717, 1.165) is 5.56 Å². The highest BCUT2D eigenvalue weighted by Gasteiger charge is 2.16. The first-order valence-corrected chi connectivity index (χ1v) is 4.88. The highest BCUT2D eigenvalue weighted by atomic mass is 16.5. The topological polar surface area (TPSA) is 67.8 Å². The monoisotopic (exact) mass is 222 g/mol. The zero-order valence-electron chi connectivity index (χ0n) is 9.27. The molecule has 1 unspecified atom stereocenters. The zero-order valence-corrected chi connectivity index (χ0v) is 9.27. The molecule has 1 aromatic carbocycles. The van der Waals surface area contributed by atoms with E-state index in [4.69, 9.17) is 0 Å². The number of nitroso groups, excluding NO2 is 1. The molecular formula is C11H14N2O3. The SMILES string of the molecule is CNC(Cc1ccc(N=O)cc1)C(=O)OC. The molecule has 1 atom stereocenters. The lowest BCUT2D eigenvalue weighted by molar-refractivity contribution is -0.142. The van der Waals surface area contributed by atoms with Gasteiger partial charge in [0.05, 0.1) is 7.11 Å². The van der Waals surface area contributed by atoms with Crippen LogP contribution in [0.2, 0.25) is 0 Å². The van der Waals surface area contributed by atoms with E-state index in [9.17, 15) is 9.70 Å². The van der Waals surface area contributed by atoms with Gasteiger partial charge in [0.2, 0.25) is 0 Å². The van der Waals surface area contributed by atoms with Crippen molar-refractivity contribution in [3.63, 3.8) is 0 Å². The van der Waals surface area contributed by atoms with Crippen molar-refractivity contribution in [2.75, 3.05) is 14.2 Å². The van der Waals surface area contributed by atoms with Gasteiger partial charge in [0.1, 0.15) is 11.7 Å². The maximum atomic E-state index is 11.3. The van der Waals surface area contributed by atoms with Crippen molar-refractivity contribution in [2.45, 2.75) is 12.5 Å². The first-order valence-electron chi connectivity index (χ1n) is 4.88. The summed E-state index contributed by atoms with van der Waals surface area (Å²) in [6, 6.07) is 6.40. The van der Waals surface area contributed by atoms with Gasteiger partial charge in [-0.05, 0) is 36.3 Å². The second kappa shape index (κ2) is 5.97. The number of likely N-dealkylation sites (N-methyl/N-ethyl adjacent to an activating group) is 1. The van der Waals surface area contributed by atoms with Crippen molar-refractivity contribution in [3.05, 3.63) is 34.7 Å². The fraction of sp³-hybridized carbons (Fsp3) is 0.364. The summed E-state index contributed by atoms with van der Waals surface area (Å²) >= 11 is 0. The molecule has 0 aliphatic heterocycles. The molecule has 0 spiro atoms. The van der Waals surface area contributed by atoms with Crippen molar-refractivity contribution in [1.29, 1.82) is 0 Å². The van der Waals surface area contributed by atoms with Gasteiger partial charge in [-0.2, -0.15) is 0 Å². The Morgan fingerprint density at radius 1 is 1.44 bits per heavy atom. The van der Waals surface area contributed by atoms with Gasteiger partial charge in [-0.15, -0.1) is 4.91 Å². The van der Waals surface area contributed by atoms with E-state index in [1.165, 1.54) is 7.11 Å². The molecule has 86 valence electrons. The van der Waals surface area contributed by atoms with Crippen LogP contribution in [0.3, 0.4) is 0 Å². The predicted molar refractivity (Wildman–Crippen MR) is 60.5 cm³/mol. The van der Waals surface area contributed by atoms with Crippen molar-refractivity contribution in [3.8, 4) is 0 Å². The number of ether oxygens (including phenoxy) is 1. The van der Waals surface area contributed by atoms with Crippen LogP contribution in [0.4, 0.5) is 5.69 Å². The van der Waals surface area contributed by atoms with Gasteiger partial charge >= 0.3 is 5.97 Å². The summed E-state index contributed by atoms with van der Waals surface area (Å²) in [6.45, 7) is 0. The number of nitrogens with one attached hydrogen (secondary N) is 1. The number of benzene rings is 1. The van der Waals surface area contributed by atoms with Crippen LogP contribution in [0.15, 0.2) is 29.4 Å². The Labute approximate surface area is 93.8 Å². The van der Waals surface area contributed by atoms with Crippen LogP contribution in [0.5, 0.6) is 0 Å². The van der Waals surface area contributed by atoms with Gasteiger partial charge in [-0.25, -0.2) is 0 Å². The fourth-order valence-corrected chi connectivity index (χ4v) is 1.37. The summed E-state index contributed by atoms with van der Waals surface area (Å²) in [5.41, 5.74) is 1.32. The van der Waals surface area contributed by atoms with Crippen LogP contribution in [-0.2, 0) is 16.0 Å². The van der Waals surface area contributed by atoms with Gasteiger partial charge in [0, 0.05) is 0 Å². The molecule has 0 aliphatic rings. The molecule has 0 saturated carbocycles. The van der Waals surface area contributed by atoms with Crippen molar-refractivity contribution in [1.82, 2.24) is 5.32 Å². The number of carbonyl (C=O) groups is 1. The van der Waals surface area contributed by atoms with Crippen LogP contribution in [0.1, 0.15) is 5.56 Å². The van der Waals surface area contributed by atoms with Crippen LogP contribution < -0.4 is 5.32 Å². The standard InChI is InChI=1S/C11H14N2O3/c1-12-10(11(14)16-2)7-8-3-5-9(13-15)6-4-8/h3-6,10,12H,7H2,1-2H3. The lowest BCUT2D eigenvalue weighted by Crippen LogP contribution is -2.36. The number of hydrogen-bond acceptors (Lipinski definition) is 5. The number of nitrogens with zero attached hydrogens (tertiary/aromatic N) is 1. The van der Waals surface area contributed by atoms with Gasteiger partial charge in [0.15, 0.2) is 0 Å². The Balaban J connectivity index is 2.70. The molecule has 0 aromatic heterocycles. The second-order valence-corrected chi connectivity index (χ2v) is 3.33. The fourth-order valence-electron chi connectivity index (χ4n) is 1.37. The van der Waals surface area contributed by atoms with Crippen LogP contribution in [0, 0.1) is 4.91 Å². The van der Waals surface area contributed by atoms with E-state index >= 15 is 0 Å². The number of carbonyl (C=O) groups excluding carboxylic acids is 1. The Morgan fingerprint density at radius 2 is 2.06 bits per heavy atom. The van der Waals surface area contributed by atoms with E-state index in [0.29, 0.717) is 12.1 Å². The smallest absolute Gasteiger partial charge is 0.323 e. The molecule has 0 amide bonds. The Hall–Kier alpha value is -1.75. The molecule has 0 fully saturated rings. The number of hydrogen-bond donors (Lipinski definition) is 1. The van der Waals surface area contributed by atoms with Crippen molar-refractivity contribution < 1.29 is 9.53 Å². The lowest BCUT2D eigenvalue weighted by atomic mass is 10.1. The Kier molecular flexibility index (Phi) is 4.60. The molecule has 0 aliphatic carbocycles. The normalized spacial score (nSPS) is 11.9. The summed E-state index contributed by atoms with van der Waals surface area (Å²) in [7, 11) is 3.05. The molecule has 0 radical (unpaired) electrons. The minimum absolute atomic E-state index is 0.305. The summed E-state index contributed by atoms with van der Waals surface area (Å²) in [6.07, 6.45) is 0.516. The van der Waals surface area contributed by atoms with Crippen molar-refractivity contribution in [2.24, 2.45) is 5.18 Å². The van der Waals surface area contributed by atoms with Crippen LogP contribution in [0.25, 0.3) is 0 Å². The molecule has 1 aromatic rings. The zero-order chi connectivity index (χ0) is 12.0. The molecule has 0 bridgehead atoms. The molecule has 16 heavy (non-hydrogen) atoms. The van der Waals surface area contributed by atoms with Crippen LogP contribution >= 0.6 is 0 Å². The molecule has 1 N–H and O–H groups in total. The maximum Gasteiger partial charge on any atom is 0.323 e. The van der Waals surface area contributed by atoms with E-state index in [1.807, 2.05) is 0 Å². The average Bonchev–Trinajstić information content (AvgIpc) is 2.35. The first kappa shape index (κ1) is 12.3. The minimum atomic E-state index is -0.375. The summed E-state index contributed by atoms with van der Waals surface area (Å²) in [5.74, 6) is -0.305. The Morgan fingerprint density at radius 3 is 2.50 bits per heavy atom. The molecular weight excluding hydrogens is 208 g/mol. The average molecular weight is 222 g/mol. The molecule has 5 heteroatoms. The van der Waals surface area contributed by atoms with Crippen LogP contribution in [-0.4, -0.2) is 26.2 Å². The maximum absolute atomic E-state index is 11.3. The molecule has 5 nitrogen and oxygen atoms in total. The van der Waals surface area contributed by atoms with E-state index in [-0.39, 0.29) is 12.0 Å². The lowest BCUT2D eigenvalue weighted by Gasteiger charge is -2.13. The van der Waals surface area contributed by atoms with Crippen molar-refractivity contribution >= 4 is 11.7 Å². The molecule has 0 saturated heterocycles. The van der Waals surface area contributed by atoms with Gasteiger partial charge in [-0.3, -0.25) is 4.79 Å². The van der Waals surface area contributed by atoms with E-state index < -0.39 is 0 Å². The van der Waals surface area contributed by atoms with E-state index in [2.05, 4.69) is 15.2 Å². The second-order valence-electron chi connectivity index (χ2n) is 3.33. The third kappa shape index (κ3) is 3.13. The highest BCUT2D eigenvalue weighted by Crippen LogP contribution is 2.13. The molecule has 0 heterocycles. The third-order valence-corrected chi connectivity index (χ3v) is 2.32. The van der Waals surface area contributed by atoms with Gasteiger partial charge in [0.25, 0.3) is 0 Å². The van der Waals surface area contributed by atoms with Gasteiger partial charge in [-0.1, -0.05) is 12.1 Å². The quantitative estimate of drug-likeness (QED) is 0.603. The van der Waals surface area contributed by atoms with Gasteiger partial charge < -0.3 is 10.1 Å². The number of esters is 1. The number of rotatable bonds is 5.